The first-order chi connectivity index (χ1) is 10.7. The molecule has 1 rings (SSSR count). The molecular weight excluding hydrogens is 314 g/mol. The second-order valence-electron chi connectivity index (χ2n) is 8.14. The summed E-state index contributed by atoms with van der Waals surface area (Å²) in [5, 5.41) is 2.10. The zero-order valence-corrected chi connectivity index (χ0v) is 15.6. The van der Waals surface area contributed by atoms with Gasteiger partial charge in [-0.05, 0) is 61.3 Å². The Morgan fingerprint density at radius 3 is 1.83 bits per heavy atom. The molecule has 0 bridgehead atoms. The van der Waals surface area contributed by atoms with Crippen LogP contribution in [0.1, 0.15) is 61.3 Å². The van der Waals surface area contributed by atoms with E-state index in [2.05, 4.69) is 0 Å². The molecule has 1 fully saturated rings. The van der Waals surface area contributed by atoms with Gasteiger partial charge in [-0.2, -0.15) is 5.01 Å². The van der Waals surface area contributed by atoms with E-state index in [1.165, 1.54) is 6.92 Å². The van der Waals surface area contributed by atoms with Crippen molar-refractivity contribution >= 4 is 18.1 Å². The van der Waals surface area contributed by atoms with Crippen LogP contribution in [0.2, 0.25) is 0 Å². The normalized spacial score (nSPS) is 22.1. The van der Waals surface area contributed by atoms with E-state index in [9.17, 15) is 14.4 Å². The smallest absolute Gasteiger partial charge is 0.430 e. The third-order valence-corrected chi connectivity index (χ3v) is 3.44. The van der Waals surface area contributed by atoms with Crippen molar-refractivity contribution in [2.75, 3.05) is 6.54 Å². The van der Waals surface area contributed by atoms with Crippen LogP contribution in [-0.4, -0.2) is 51.4 Å². The van der Waals surface area contributed by atoms with E-state index < -0.39 is 34.8 Å². The van der Waals surface area contributed by atoms with E-state index in [1.807, 2.05) is 0 Å². The molecule has 0 radical (unpaired) electrons. The summed E-state index contributed by atoms with van der Waals surface area (Å²) in [4.78, 5) is 37.2. The quantitative estimate of drug-likeness (QED) is 0.787. The van der Waals surface area contributed by atoms with Gasteiger partial charge in [0.2, 0.25) is 5.91 Å². The molecule has 2 N–H and O–H groups in total. The lowest BCUT2D eigenvalue weighted by Crippen LogP contribution is -2.68. The largest absolute Gasteiger partial charge is 0.442 e. The molecule has 1 saturated heterocycles. The van der Waals surface area contributed by atoms with Crippen LogP contribution < -0.4 is 5.73 Å². The molecule has 1 atom stereocenters. The van der Waals surface area contributed by atoms with E-state index >= 15 is 0 Å². The number of nitrogens with two attached hydrogens (primary N) is 1. The Kier molecular flexibility index (Phi) is 5.42. The van der Waals surface area contributed by atoms with Gasteiger partial charge in [-0.25, -0.2) is 14.6 Å². The number of hydrazine groups is 1. The predicted molar refractivity (Wildman–Crippen MR) is 87.8 cm³/mol. The maximum Gasteiger partial charge on any atom is 0.430 e. The first kappa shape index (κ1) is 20.1. The van der Waals surface area contributed by atoms with Gasteiger partial charge in [0, 0.05) is 6.54 Å². The summed E-state index contributed by atoms with van der Waals surface area (Å²) in [5.41, 5.74) is 2.63. The number of rotatable bonds is 1. The van der Waals surface area contributed by atoms with Crippen LogP contribution in [0.25, 0.3) is 0 Å². The number of carbonyl (C=O) groups excluding carboxylic acids is 3. The van der Waals surface area contributed by atoms with Gasteiger partial charge < -0.3 is 15.2 Å². The third kappa shape index (κ3) is 4.75. The molecular formula is C16H29N3O5. The van der Waals surface area contributed by atoms with Gasteiger partial charge in [0.05, 0.1) is 0 Å². The molecule has 8 heteroatoms. The molecule has 1 aliphatic rings. The molecule has 1 aliphatic heterocycles. The Balaban J connectivity index is 3.22. The standard InChI is InChI=1S/C16H29N3O5/c1-14(2,3)23-12(21)18-10-8-9-16(7,11(17)20)19(18)13(22)24-15(4,5)6/h8-10H2,1-7H3,(H2,17,20). The number of hydrogen-bond donors (Lipinski definition) is 1. The maximum absolute atomic E-state index is 12.7. The second-order valence-corrected chi connectivity index (χ2v) is 8.14. The summed E-state index contributed by atoms with van der Waals surface area (Å²) in [5.74, 6) is -0.707. The Labute approximate surface area is 143 Å². The van der Waals surface area contributed by atoms with Crippen molar-refractivity contribution in [3.05, 3.63) is 0 Å². The number of hydrogen-bond acceptors (Lipinski definition) is 5. The Morgan fingerprint density at radius 1 is 0.958 bits per heavy atom. The second kappa shape index (κ2) is 6.49. The molecule has 138 valence electrons. The zero-order valence-electron chi connectivity index (χ0n) is 15.6. The van der Waals surface area contributed by atoms with Crippen LogP contribution in [0.3, 0.4) is 0 Å². The molecule has 0 spiro atoms. The molecule has 0 aromatic heterocycles. The van der Waals surface area contributed by atoms with E-state index in [1.54, 1.807) is 41.5 Å². The highest BCUT2D eigenvalue weighted by Crippen LogP contribution is 2.31. The fourth-order valence-electron chi connectivity index (χ4n) is 2.37. The minimum Gasteiger partial charge on any atom is -0.442 e. The van der Waals surface area contributed by atoms with Crippen LogP contribution in [0.4, 0.5) is 9.59 Å². The summed E-state index contributed by atoms with van der Waals surface area (Å²) in [6.45, 7) is 12.0. The highest BCUT2D eigenvalue weighted by Gasteiger charge is 2.50. The molecule has 0 saturated carbocycles. The Hall–Kier alpha value is -1.99. The maximum atomic E-state index is 12.7. The lowest BCUT2D eigenvalue weighted by molar-refractivity contribution is -0.152. The van der Waals surface area contributed by atoms with Crippen molar-refractivity contribution in [1.82, 2.24) is 10.0 Å². The minimum atomic E-state index is -1.36. The van der Waals surface area contributed by atoms with Gasteiger partial charge in [-0.3, -0.25) is 4.79 Å². The van der Waals surface area contributed by atoms with Gasteiger partial charge in [0.1, 0.15) is 16.7 Å². The summed E-state index contributed by atoms with van der Waals surface area (Å²) in [6, 6.07) is 0. The third-order valence-electron chi connectivity index (χ3n) is 3.44. The number of ether oxygens (including phenoxy) is 2. The number of amides is 3. The van der Waals surface area contributed by atoms with Gasteiger partial charge in [0.15, 0.2) is 0 Å². The predicted octanol–water partition coefficient (Wildman–Crippen LogP) is 2.41. The fraction of sp³-hybridized carbons (Fsp3) is 0.812. The average molecular weight is 343 g/mol. The average Bonchev–Trinajstić information content (AvgIpc) is 2.33. The van der Waals surface area contributed by atoms with Crippen molar-refractivity contribution < 1.29 is 23.9 Å². The van der Waals surface area contributed by atoms with Crippen molar-refractivity contribution in [3.8, 4) is 0 Å². The number of nitrogens with zero attached hydrogens (tertiary/aromatic N) is 2. The van der Waals surface area contributed by atoms with E-state index in [0.29, 0.717) is 12.8 Å². The lowest BCUT2D eigenvalue weighted by Gasteiger charge is -2.48. The van der Waals surface area contributed by atoms with Gasteiger partial charge >= 0.3 is 12.2 Å². The minimum absolute atomic E-state index is 0.233. The molecule has 1 heterocycles. The zero-order chi connectivity index (χ0) is 18.9. The molecule has 8 nitrogen and oxygen atoms in total. The molecule has 0 aromatic rings. The summed E-state index contributed by atoms with van der Waals surface area (Å²) >= 11 is 0. The molecule has 3 amide bonds. The van der Waals surface area contributed by atoms with Crippen molar-refractivity contribution in [3.63, 3.8) is 0 Å². The van der Waals surface area contributed by atoms with Crippen molar-refractivity contribution in [2.24, 2.45) is 5.73 Å². The van der Waals surface area contributed by atoms with Crippen LogP contribution in [0, 0.1) is 0 Å². The summed E-state index contributed by atoms with van der Waals surface area (Å²) < 4.78 is 10.7. The number of primary amides is 1. The SMILES string of the molecule is CC(C)(C)OC(=O)N1CCCC(C)(C(N)=O)N1C(=O)OC(C)(C)C. The van der Waals surface area contributed by atoms with Crippen LogP contribution in [-0.2, 0) is 14.3 Å². The molecule has 0 aromatic carbocycles. The summed E-state index contributed by atoms with van der Waals surface area (Å²) in [6.07, 6.45) is -0.686. The Bertz CT molecular complexity index is 521. The first-order valence-corrected chi connectivity index (χ1v) is 8.01. The summed E-state index contributed by atoms with van der Waals surface area (Å²) in [7, 11) is 0. The van der Waals surface area contributed by atoms with Crippen LogP contribution in [0.15, 0.2) is 0 Å². The highest BCUT2D eigenvalue weighted by atomic mass is 16.6. The number of carbonyl (C=O) groups is 3. The first-order valence-electron chi connectivity index (χ1n) is 8.01. The molecule has 1 unspecified atom stereocenters. The fourth-order valence-corrected chi connectivity index (χ4v) is 2.37. The van der Waals surface area contributed by atoms with E-state index in [0.717, 1.165) is 10.0 Å². The van der Waals surface area contributed by atoms with Crippen molar-refractivity contribution in [2.45, 2.75) is 78.0 Å². The van der Waals surface area contributed by atoms with E-state index in [-0.39, 0.29) is 6.54 Å². The van der Waals surface area contributed by atoms with Gasteiger partial charge in [0.25, 0.3) is 0 Å². The monoisotopic (exact) mass is 343 g/mol. The van der Waals surface area contributed by atoms with Gasteiger partial charge in [-0.15, -0.1) is 0 Å². The van der Waals surface area contributed by atoms with Gasteiger partial charge in [-0.1, -0.05) is 0 Å². The van der Waals surface area contributed by atoms with Crippen LogP contribution >= 0.6 is 0 Å². The molecule has 24 heavy (non-hydrogen) atoms. The molecule has 0 aliphatic carbocycles. The lowest BCUT2D eigenvalue weighted by atomic mass is 9.92. The van der Waals surface area contributed by atoms with Crippen molar-refractivity contribution in [1.29, 1.82) is 0 Å². The van der Waals surface area contributed by atoms with E-state index in [4.69, 9.17) is 15.2 Å². The topological polar surface area (TPSA) is 102 Å². The highest BCUT2D eigenvalue weighted by molar-refractivity contribution is 5.89. The Morgan fingerprint density at radius 2 is 1.42 bits per heavy atom. The van der Waals surface area contributed by atoms with Crippen LogP contribution in [0.5, 0.6) is 0 Å².